The van der Waals surface area contributed by atoms with Gasteiger partial charge in [0.05, 0.1) is 27.0 Å². The number of hydrogen-bond donors (Lipinski definition) is 2. The van der Waals surface area contributed by atoms with Gasteiger partial charge in [-0.3, -0.25) is 9.78 Å². The summed E-state index contributed by atoms with van der Waals surface area (Å²) < 4.78 is 15.6. The lowest BCUT2D eigenvalue weighted by Gasteiger charge is -2.12. The van der Waals surface area contributed by atoms with Gasteiger partial charge in [-0.05, 0) is 48.5 Å². The normalized spacial score (nSPS) is 10.1. The first kappa shape index (κ1) is 19.0. The molecule has 0 saturated carbocycles. The van der Waals surface area contributed by atoms with Crippen molar-refractivity contribution in [3.8, 4) is 17.2 Å². The fourth-order valence-electron chi connectivity index (χ4n) is 2.56. The Bertz CT molecular complexity index is 958. The Morgan fingerprint density at radius 3 is 2.21 bits per heavy atom. The van der Waals surface area contributed by atoms with Crippen LogP contribution in [0, 0.1) is 0 Å². The molecule has 1 heterocycles. The molecule has 3 aromatic rings. The molecule has 2 N–H and O–H groups in total. The number of carbonyl (C=O) groups is 1. The lowest BCUT2D eigenvalue weighted by molar-refractivity contribution is 0.102. The molecule has 0 unspecified atom stereocenters. The van der Waals surface area contributed by atoms with Crippen LogP contribution in [0.15, 0.2) is 60.8 Å². The molecule has 3 rings (SSSR count). The standard InChI is InChI=1S/C21H21N3O4/c1-26-16-6-4-14(5-7-16)23-15-10-11-22-19(12-15)21(25)24-18-9-8-17(27-2)13-20(18)28-3/h4-13H,1-3H3,(H,22,23)(H,24,25). The molecule has 0 saturated heterocycles. The highest BCUT2D eigenvalue weighted by molar-refractivity contribution is 6.04. The number of nitrogens with zero attached hydrogens (tertiary/aromatic N) is 1. The number of ether oxygens (including phenoxy) is 3. The number of methoxy groups -OCH3 is 3. The third kappa shape index (κ3) is 4.50. The molecule has 144 valence electrons. The molecule has 0 aliphatic heterocycles. The Morgan fingerprint density at radius 1 is 0.821 bits per heavy atom. The summed E-state index contributed by atoms with van der Waals surface area (Å²) in [5.41, 5.74) is 2.42. The number of rotatable bonds is 7. The van der Waals surface area contributed by atoms with Crippen molar-refractivity contribution >= 4 is 23.0 Å². The van der Waals surface area contributed by atoms with Gasteiger partial charge in [0.15, 0.2) is 0 Å². The van der Waals surface area contributed by atoms with Crippen molar-refractivity contribution in [1.82, 2.24) is 4.98 Å². The third-order valence-electron chi connectivity index (χ3n) is 4.03. The molecule has 0 radical (unpaired) electrons. The van der Waals surface area contributed by atoms with E-state index in [1.165, 1.54) is 7.11 Å². The van der Waals surface area contributed by atoms with Gasteiger partial charge in [-0.15, -0.1) is 0 Å². The third-order valence-corrected chi connectivity index (χ3v) is 4.03. The van der Waals surface area contributed by atoms with E-state index >= 15 is 0 Å². The van der Waals surface area contributed by atoms with Gasteiger partial charge in [0.2, 0.25) is 0 Å². The van der Waals surface area contributed by atoms with Crippen molar-refractivity contribution in [2.75, 3.05) is 32.0 Å². The van der Waals surface area contributed by atoms with Crippen molar-refractivity contribution in [2.24, 2.45) is 0 Å². The zero-order chi connectivity index (χ0) is 19.9. The summed E-state index contributed by atoms with van der Waals surface area (Å²) in [6.07, 6.45) is 1.58. The molecule has 7 nitrogen and oxygen atoms in total. The molecule has 0 aliphatic carbocycles. The highest BCUT2D eigenvalue weighted by Crippen LogP contribution is 2.29. The van der Waals surface area contributed by atoms with E-state index in [-0.39, 0.29) is 11.6 Å². The molecule has 2 aromatic carbocycles. The molecular weight excluding hydrogens is 358 g/mol. The van der Waals surface area contributed by atoms with Crippen molar-refractivity contribution in [2.45, 2.75) is 0 Å². The van der Waals surface area contributed by atoms with E-state index < -0.39 is 0 Å². The molecule has 0 spiro atoms. The van der Waals surface area contributed by atoms with Gasteiger partial charge in [-0.2, -0.15) is 0 Å². The summed E-state index contributed by atoms with van der Waals surface area (Å²) in [6, 6.07) is 16.1. The minimum Gasteiger partial charge on any atom is -0.497 e. The largest absolute Gasteiger partial charge is 0.497 e. The molecule has 1 aromatic heterocycles. The van der Waals surface area contributed by atoms with Crippen LogP contribution >= 0.6 is 0 Å². The number of hydrogen-bond acceptors (Lipinski definition) is 6. The van der Waals surface area contributed by atoms with Crippen LogP contribution in [0.4, 0.5) is 17.1 Å². The minimum atomic E-state index is -0.346. The first-order valence-electron chi connectivity index (χ1n) is 8.53. The van der Waals surface area contributed by atoms with E-state index in [1.807, 2.05) is 24.3 Å². The van der Waals surface area contributed by atoms with E-state index in [0.29, 0.717) is 17.2 Å². The van der Waals surface area contributed by atoms with Crippen LogP contribution in [0.25, 0.3) is 0 Å². The second-order valence-corrected chi connectivity index (χ2v) is 5.80. The van der Waals surface area contributed by atoms with E-state index in [1.54, 1.807) is 50.7 Å². The first-order valence-corrected chi connectivity index (χ1v) is 8.53. The molecular formula is C21H21N3O4. The lowest BCUT2D eigenvalue weighted by Crippen LogP contribution is -2.14. The number of pyridine rings is 1. The highest BCUT2D eigenvalue weighted by atomic mass is 16.5. The van der Waals surface area contributed by atoms with Crippen molar-refractivity contribution < 1.29 is 19.0 Å². The van der Waals surface area contributed by atoms with Gasteiger partial charge in [0.25, 0.3) is 5.91 Å². The maximum Gasteiger partial charge on any atom is 0.274 e. The van der Waals surface area contributed by atoms with Crippen LogP contribution in [0.2, 0.25) is 0 Å². The molecule has 7 heteroatoms. The fraction of sp³-hybridized carbons (Fsp3) is 0.143. The summed E-state index contributed by atoms with van der Waals surface area (Å²) in [7, 11) is 4.72. The van der Waals surface area contributed by atoms with Gasteiger partial charge >= 0.3 is 0 Å². The van der Waals surface area contributed by atoms with Crippen LogP contribution in [-0.2, 0) is 0 Å². The first-order chi connectivity index (χ1) is 13.6. The van der Waals surface area contributed by atoms with Crippen LogP contribution < -0.4 is 24.8 Å². The summed E-state index contributed by atoms with van der Waals surface area (Å²) in [4.78, 5) is 16.8. The molecule has 1 amide bonds. The number of carbonyl (C=O) groups excluding carboxylic acids is 1. The maximum atomic E-state index is 12.6. The molecule has 0 aliphatic rings. The Hall–Kier alpha value is -3.74. The average molecular weight is 379 g/mol. The quantitative estimate of drug-likeness (QED) is 0.643. The number of anilines is 3. The number of amides is 1. The van der Waals surface area contributed by atoms with Gasteiger partial charge < -0.3 is 24.8 Å². The average Bonchev–Trinajstić information content (AvgIpc) is 2.74. The Balaban J connectivity index is 1.75. The van der Waals surface area contributed by atoms with E-state index in [4.69, 9.17) is 14.2 Å². The van der Waals surface area contributed by atoms with Crippen LogP contribution in [0.1, 0.15) is 10.5 Å². The number of aromatic nitrogens is 1. The molecule has 28 heavy (non-hydrogen) atoms. The number of nitrogens with one attached hydrogen (secondary N) is 2. The predicted octanol–water partition coefficient (Wildman–Crippen LogP) is 4.10. The van der Waals surface area contributed by atoms with Gasteiger partial charge in [-0.1, -0.05) is 0 Å². The second-order valence-electron chi connectivity index (χ2n) is 5.80. The van der Waals surface area contributed by atoms with E-state index in [9.17, 15) is 4.79 Å². The predicted molar refractivity (Wildman–Crippen MR) is 108 cm³/mol. The van der Waals surface area contributed by atoms with Gasteiger partial charge in [0, 0.05) is 23.6 Å². The molecule has 0 atom stereocenters. The summed E-state index contributed by atoms with van der Waals surface area (Å²) in [6.45, 7) is 0. The fourth-order valence-corrected chi connectivity index (χ4v) is 2.56. The topological polar surface area (TPSA) is 81.7 Å². The Kier molecular flexibility index (Phi) is 5.96. The zero-order valence-electron chi connectivity index (χ0n) is 15.9. The van der Waals surface area contributed by atoms with E-state index in [2.05, 4.69) is 15.6 Å². The lowest BCUT2D eigenvalue weighted by atomic mass is 10.2. The summed E-state index contributed by atoms with van der Waals surface area (Å²) in [5.74, 6) is 1.56. The Morgan fingerprint density at radius 2 is 1.54 bits per heavy atom. The number of benzene rings is 2. The SMILES string of the molecule is COc1ccc(Nc2ccnc(C(=O)Nc3ccc(OC)cc3OC)c2)cc1. The zero-order valence-corrected chi connectivity index (χ0v) is 15.9. The van der Waals surface area contributed by atoms with Gasteiger partial charge in [0.1, 0.15) is 22.9 Å². The summed E-state index contributed by atoms with van der Waals surface area (Å²) in [5, 5.41) is 6.04. The van der Waals surface area contributed by atoms with Crippen molar-refractivity contribution in [1.29, 1.82) is 0 Å². The second kappa shape index (κ2) is 8.77. The molecule has 0 fully saturated rings. The highest BCUT2D eigenvalue weighted by Gasteiger charge is 2.12. The van der Waals surface area contributed by atoms with Gasteiger partial charge in [-0.25, -0.2) is 0 Å². The van der Waals surface area contributed by atoms with Crippen LogP contribution in [-0.4, -0.2) is 32.2 Å². The monoisotopic (exact) mass is 379 g/mol. The smallest absolute Gasteiger partial charge is 0.274 e. The summed E-state index contributed by atoms with van der Waals surface area (Å²) >= 11 is 0. The van der Waals surface area contributed by atoms with Crippen LogP contribution in [0.5, 0.6) is 17.2 Å². The molecule has 0 bridgehead atoms. The van der Waals surface area contributed by atoms with E-state index in [0.717, 1.165) is 17.1 Å². The van der Waals surface area contributed by atoms with Crippen molar-refractivity contribution in [3.63, 3.8) is 0 Å². The van der Waals surface area contributed by atoms with Crippen molar-refractivity contribution in [3.05, 3.63) is 66.5 Å². The Labute approximate surface area is 163 Å². The van der Waals surface area contributed by atoms with Crippen LogP contribution in [0.3, 0.4) is 0 Å². The minimum absolute atomic E-state index is 0.274. The maximum absolute atomic E-state index is 12.6.